The molecule has 0 fully saturated rings. The number of benzene rings is 1. The molecule has 0 heterocycles. The number of aliphatic hydroxyl groups excluding tert-OH is 1. The van der Waals surface area contributed by atoms with Gasteiger partial charge in [0.2, 0.25) is 0 Å². The molecule has 0 aliphatic heterocycles. The fraction of sp³-hybridized carbons (Fsp3) is 0.538. The minimum atomic E-state index is 0.0466. The summed E-state index contributed by atoms with van der Waals surface area (Å²) in [5.74, 6) is 0. The van der Waals surface area contributed by atoms with Crippen molar-refractivity contribution in [2.45, 2.75) is 26.5 Å². The second-order valence-corrected chi connectivity index (χ2v) is 4.94. The van der Waals surface area contributed by atoms with Crippen LogP contribution in [-0.2, 0) is 11.3 Å². The molecule has 1 aromatic rings. The van der Waals surface area contributed by atoms with E-state index in [1.54, 1.807) is 7.11 Å². The first-order valence-corrected chi connectivity index (χ1v) is 6.58. The Labute approximate surface area is 112 Å². The van der Waals surface area contributed by atoms with Crippen molar-refractivity contribution in [2.24, 2.45) is 0 Å². The molecule has 0 aliphatic carbocycles. The maximum atomic E-state index is 9.42. The van der Waals surface area contributed by atoms with E-state index in [-0.39, 0.29) is 12.6 Å². The first kappa shape index (κ1) is 14.5. The summed E-state index contributed by atoms with van der Waals surface area (Å²) in [7, 11) is 1.71. The zero-order chi connectivity index (χ0) is 12.8. The van der Waals surface area contributed by atoms with E-state index in [2.05, 4.69) is 34.7 Å². The summed E-state index contributed by atoms with van der Waals surface area (Å²) >= 11 is 3.42. The Balaban J connectivity index is 3.02. The van der Waals surface area contributed by atoms with Crippen LogP contribution in [0, 0.1) is 0 Å². The van der Waals surface area contributed by atoms with E-state index in [1.165, 1.54) is 0 Å². The predicted molar refractivity (Wildman–Crippen MR) is 74.4 cm³/mol. The van der Waals surface area contributed by atoms with E-state index in [0.29, 0.717) is 6.61 Å². The second kappa shape index (κ2) is 6.99. The highest BCUT2D eigenvalue weighted by Gasteiger charge is 2.15. The smallest absolute Gasteiger partial charge is 0.0702 e. The van der Waals surface area contributed by atoms with Crippen LogP contribution < -0.4 is 4.90 Å². The molecule has 4 heteroatoms. The van der Waals surface area contributed by atoms with Crippen molar-refractivity contribution in [3.8, 4) is 0 Å². The summed E-state index contributed by atoms with van der Waals surface area (Å²) in [6.07, 6.45) is 0. The summed E-state index contributed by atoms with van der Waals surface area (Å²) in [6, 6.07) is 6.27. The lowest BCUT2D eigenvalue weighted by Gasteiger charge is -2.31. The van der Waals surface area contributed by atoms with E-state index < -0.39 is 0 Å². The number of aliphatic hydroxyl groups is 1. The molecule has 0 radical (unpaired) electrons. The van der Waals surface area contributed by atoms with Crippen LogP contribution in [0.1, 0.15) is 19.4 Å². The van der Waals surface area contributed by atoms with Gasteiger partial charge in [0.25, 0.3) is 0 Å². The summed E-state index contributed by atoms with van der Waals surface area (Å²) in [5, 5.41) is 9.42. The molecule has 0 bridgehead atoms. The van der Waals surface area contributed by atoms with Gasteiger partial charge in [-0.05, 0) is 32.0 Å². The topological polar surface area (TPSA) is 32.7 Å². The van der Waals surface area contributed by atoms with E-state index in [9.17, 15) is 5.11 Å². The summed E-state index contributed by atoms with van der Waals surface area (Å²) in [6.45, 7) is 5.84. The second-order valence-electron chi connectivity index (χ2n) is 4.02. The van der Waals surface area contributed by atoms with Gasteiger partial charge in [0.15, 0.2) is 0 Å². The number of hydrogen-bond donors (Lipinski definition) is 1. The zero-order valence-electron chi connectivity index (χ0n) is 10.6. The quantitative estimate of drug-likeness (QED) is 0.877. The predicted octanol–water partition coefficient (Wildman–Crippen LogP) is 2.80. The zero-order valence-corrected chi connectivity index (χ0v) is 12.2. The molecule has 0 saturated heterocycles. The van der Waals surface area contributed by atoms with Crippen LogP contribution in [0.3, 0.4) is 0 Å². The first-order valence-electron chi connectivity index (χ1n) is 5.78. The Bertz CT molecular complexity index is 357. The number of ether oxygens (including phenoxy) is 1. The van der Waals surface area contributed by atoms with Crippen LogP contribution in [0.25, 0.3) is 0 Å². The number of hydrogen-bond acceptors (Lipinski definition) is 3. The van der Waals surface area contributed by atoms with Crippen LogP contribution in [0.2, 0.25) is 0 Å². The fourth-order valence-electron chi connectivity index (χ4n) is 2.01. The van der Waals surface area contributed by atoms with Gasteiger partial charge in [0.05, 0.1) is 13.2 Å². The third-order valence-electron chi connectivity index (χ3n) is 2.80. The fourth-order valence-corrected chi connectivity index (χ4v) is 2.42. The number of methoxy groups -OCH3 is 1. The highest BCUT2D eigenvalue weighted by molar-refractivity contribution is 9.10. The third-order valence-corrected chi connectivity index (χ3v) is 3.30. The molecule has 1 N–H and O–H groups in total. The number of nitrogens with zero attached hydrogens (tertiary/aromatic N) is 1. The number of rotatable bonds is 6. The maximum absolute atomic E-state index is 9.42. The molecule has 17 heavy (non-hydrogen) atoms. The Hall–Kier alpha value is -0.580. The molecule has 0 saturated carbocycles. The van der Waals surface area contributed by atoms with Crippen molar-refractivity contribution >= 4 is 21.6 Å². The molecule has 1 rings (SSSR count). The van der Waals surface area contributed by atoms with Gasteiger partial charge < -0.3 is 14.7 Å². The highest BCUT2D eigenvalue weighted by Crippen LogP contribution is 2.26. The molecule has 0 aromatic heterocycles. The average molecular weight is 302 g/mol. The standard InChI is InChI=1S/C13H20BrNO2/c1-4-15(10(2)9-17-3)13-6-5-12(14)7-11(13)8-16/h5-7,10,16H,4,8-9H2,1-3H3. The van der Waals surface area contributed by atoms with E-state index >= 15 is 0 Å². The lowest BCUT2D eigenvalue weighted by atomic mass is 10.1. The van der Waals surface area contributed by atoms with Gasteiger partial charge in [0.1, 0.15) is 0 Å². The Morgan fingerprint density at radius 1 is 1.47 bits per heavy atom. The normalized spacial score (nSPS) is 12.5. The number of likely N-dealkylation sites (N-methyl/N-ethyl adjacent to an activating group) is 1. The monoisotopic (exact) mass is 301 g/mol. The van der Waals surface area contributed by atoms with Crippen LogP contribution in [0.5, 0.6) is 0 Å². The largest absolute Gasteiger partial charge is 0.392 e. The molecule has 0 spiro atoms. The van der Waals surface area contributed by atoms with E-state index in [4.69, 9.17) is 4.74 Å². The third kappa shape index (κ3) is 3.69. The van der Waals surface area contributed by atoms with Gasteiger partial charge in [-0.3, -0.25) is 0 Å². The molecule has 0 amide bonds. The summed E-state index contributed by atoms with van der Waals surface area (Å²) in [5.41, 5.74) is 2.01. The van der Waals surface area contributed by atoms with Crippen molar-refractivity contribution in [2.75, 3.05) is 25.2 Å². The molecular weight excluding hydrogens is 282 g/mol. The number of anilines is 1. The Kier molecular flexibility index (Phi) is 5.95. The number of halogens is 1. The van der Waals surface area contributed by atoms with Gasteiger partial charge in [-0.25, -0.2) is 0 Å². The van der Waals surface area contributed by atoms with Crippen molar-refractivity contribution in [3.63, 3.8) is 0 Å². The van der Waals surface area contributed by atoms with Crippen LogP contribution in [-0.4, -0.2) is 31.4 Å². The minimum Gasteiger partial charge on any atom is -0.392 e. The molecule has 1 aromatic carbocycles. The van der Waals surface area contributed by atoms with Crippen molar-refractivity contribution in [1.29, 1.82) is 0 Å². The summed E-state index contributed by atoms with van der Waals surface area (Å²) in [4.78, 5) is 2.24. The van der Waals surface area contributed by atoms with Gasteiger partial charge in [-0.15, -0.1) is 0 Å². The molecule has 1 unspecified atom stereocenters. The molecular formula is C13H20BrNO2. The van der Waals surface area contributed by atoms with Crippen molar-refractivity contribution < 1.29 is 9.84 Å². The average Bonchev–Trinajstić information content (AvgIpc) is 2.32. The Morgan fingerprint density at radius 2 is 2.18 bits per heavy atom. The van der Waals surface area contributed by atoms with E-state index in [0.717, 1.165) is 22.3 Å². The molecule has 96 valence electrons. The van der Waals surface area contributed by atoms with Crippen LogP contribution >= 0.6 is 15.9 Å². The summed E-state index contributed by atoms with van der Waals surface area (Å²) < 4.78 is 6.18. The molecule has 0 aliphatic rings. The highest BCUT2D eigenvalue weighted by atomic mass is 79.9. The first-order chi connectivity index (χ1) is 8.13. The molecule has 3 nitrogen and oxygen atoms in total. The Morgan fingerprint density at radius 3 is 2.71 bits per heavy atom. The van der Waals surface area contributed by atoms with Crippen LogP contribution in [0.15, 0.2) is 22.7 Å². The minimum absolute atomic E-state index is 0.0466. The van der Waals surface area contributed by atoms with Gasteiger partial charge in [-0.1, -0.05) is 15.9 Å². The maximum Gasteiger partial charge on any atom is 0.0702 e. The van der Waals surface area contributed by atoms with Crippen LogP contribution in [0.4, 0.5) is 5.69 Å². The SMILES string of the molecule is CCN(c1ccc(Br)cc1CO)C(C)COC. The van der Waals surface area contributed by atoms with Crippen molar-refractivity contribution in [3.05, 3.63) is 28.2 Å². The lowest BCUT2D eigenvalue weighted by Crippen LogP contribution is -2.36. The van der Waals surface area contributed by atoms with Gasteiger partial charge >= 0.3 is 0 Å². The van der Waals surface area contributed by atoms with E-state index in [1.807, 2.05) is 18.2 Å². The lowest BCUT2D eigenvalue weighted by molar-refractivity contribution is 0.181. The molecule has 1 atom stereocenters. The van der Waals surface area contributed by atoms with Gasteiger partial charge in [0, 0.05) is 35.4 Å². The van der Waals surface area contributed by atoms with Crippen molar-refractivity contribution in [1.82, 2.24) is 0 Å². The van der Waals surface area contributed by atoms with Gasteiger partial charge in [-0.2, -0.15) is 0 Å².